The van der Waals surface area contributed by atoms with Gasteiger partial charge in [-0.1, -0.05) is 12.1 Å². The minimum absolute atomic E-state index is 0.324. The van der Waals surface area contributed by atoms with Gasteiger partial charge in [-0.05, 0) is 19.1 Å². The van der Waals surface area contributed by atoms with Crippen molar-refractivity contribution in [2.75, 3.05) is 6.61 Å². The zero-order valence-corrected chi connectivity index (χ0v) is 7.97. The molecular weight excluding hydrogens is 180 g/mol. The molecule has 3 nitrogen and oxygen atoms in total. The van der Waals surface area contributed by atoms with E-state index in [4.69, 9.17) is 14.2 Å². The lowest BCUT2D eigenvalue weighted by atomic mass is 10.2. The fraction of sp³-hybridized carbons (Fsp3) is 0.273. The molecule has 2 rings (SSSR count). The maximum absolute atomic E-state index is 5.37. The molecule has 0 amide bonds. The van der Waals surface area contributed by atoms with Gasteiger partial charge in [0, 0.05) is 5.56 Å². The average molecular weight is 192 g/mol. The van der Waals surface area contributed by atoms with Crippen molar-refractivity contribution in [1.29, 1.82) is 0 Å². The Hall–Kier alpha value is -1.64. The van der Waals surface area contributed by atoms with Crippen LogP contribution in [0.2, 0.25) is 0 Å². The van der Waals surface area contributed by atoms with E-state index >= 15 is 0 Å². The second-order valence-corrected chi connectivity index (χ2v) is 2.88. The fourth-order valence-electron chi connectivity index (χ4n) is 1.31. The molecule has 74 valence electrons. The average Bonchev–Trinajstić information content (AvgIpc) is 2.71. The normalized spacial score (nSPS) is 14.9. The molecule has 0 radical (unpaired) electrons. The van der Waals surface area contributed by atoms with Crippen LogP contribution in [0.4, 0.5) is 0 Å². The van der Waals surface area contributed by atoms with E-state index in [1.54, 1.807) is 0 Å². The van der Waals surface area contributed by atoms with Crippen molar-refractivity contribution >= 4 is 0 Å². The Morgan fingerprint density at radius 3 is 2.79 bits per heavy atom. The van der Waals surface area contributed by atoms with Crippen LogP contribution in [0.1, 0.15) is 18.8 Å². The summed E-state index contributed by atoms with van der Waals surface area (Å²) in [4.78, 5) is 0. The minimum atomic E-state index is -0.324. The van der Waals surface area contributed by atoms with Gasteiger partial charge in [0.05, 0.1) is 6.61 Å². The Morgan fingerprint density at radius 1 is 1.29 bits per heavy atom. The summed E-state index contributed by atoms with van der Waals surface area (Å²) in [6.07, 6.45) is 2.76. The molecular formula is C11H12O3. The number of rotatable bonds is 3. The molecule has 0 unspecified atom stereocenters. The van der Waals surface area contributed by atoms with Crippen LogP contribution in [-0.4, -0.2) is 6.61 Å². The van der Waals surface area contributed by atoms with Gasteiger partial charge in [-0.3, -0.25) is 0 Å². The Kier molecular flexibility index (Phi) is 2.58. The lowest BCUT2D eigenvalue weighted by Crippen LogP contribution is -1.99. The third-order valence-corrected chi connectivity index (χ3v) is 1.90. The van der Waals surface area contributed by atoms with Gasteiger partial charge in [0.2, 0.25) is 0 Å². The molecule has 0 aliphatic carbocycles. The van der Waals surface area contributed by atoms with Gasteiger partial charge in [0.15, 0.2) is 0 Å². The second-order valence-electron chi connectivity index (χ2n) is 2.88. The highest BCUT2D eigenvalue weighted by Crippen LogP contribution is 2.26. The van der Waals surface area contributed by atoms with Gasteiger partial charge >= 0.3 is 0 Å². The summed E-state index contributed by atoms with van der Waals surface area (Å²) < 4.78 is 15.8. The van der Waals surface area contributed by atoms with Crippen molar-refractivity contribution in [2.45, 2.75) is 13.2 Å². The van der Waals surface area contributed by atoms with Crippen LogP contribution in [-0.2, 0) is 9.47 Å². The molecule has 1 aromatic rings. The molecule has 0 spiro atoms. The quantitative estimate of drug-likeness (QED) is 0.736. The van der Waals surface area contributed by atoms with Gasteiger partial charge in [-0.2, -0.15) is 0 Å². The standard InChI is InChI=1S/C11H12O3/c1-2-12-10-5-3-4-9(8-10)11-13-6-7-14-11/h3-8,11H,2H2,1H3. The Labute approximate surface area is 82.9 Å². The van der Waals surface area contributed by atoms with Crippen molar-refractivity contribution in [3.63, 3.8) is 0 Å². The van der Waals surface area contributed by atoms with Gasteiger partial charge in [-0.15, -0.1) is 0 Å². The molecule has 0 N–H and O–H groups in total. The molecule has 1 aliphatic heterocycles. The summed E-state index contributed by atoms with van der Waals surface area (Å²) in [6, 6.07) is 7.70. The third kappa shape index (κ3) is 1.82. The van der Waals surface area contributed by atoms with Crippen LogP contribution in [0, 0.1) is 0 Å². The highest BCUT2D eigenvalue weighted by molar-refractivity contribution is 5.29. The molecule has 0 bridgehead atoms. The minimum Gasteiger partial charge on any atom is -0.494 e. The highest BCUT2D eigenvalue weighted by Gasteiger charge is 2.15. The second kappa shape index (κ2) is 4.05. The van der Waals surface area contributed by atoms with E-state index in [1.165, 1.54) is 12.5 Å². The van der Waals surface area contributed by atoms with E-state index in [-0.39, 0.29) is 6.29 Å². The smallest absolute Gasteiger partial charge is 0.266 e. The van der Waals surface area contributed by atoms with E-state index < -0.39 is 0 Å². The molecule has 0 fully saturated rings. The first-order chi connectivity index (χ1) is 6.90. The molecule has 1 heterocycles. The predicted octanol–water partition coefficient (Wildman–Crippen LogP) is 2.60. The summed E-state index contributed by atoms with van der Waals surface area (Å²) in [5.74, 6) is 0.837. The first kappa shape index (κ1) is 8.94. The van der Waals surface area contributed by atoms with Gasteiger partial charge in [-0.25, -0.2) is 0 Å². The summed E-state index contributed by atoms with van der Waals surface area (Å²) in [5.41, 5.74) is 0.959. The number of hydrogen-bond donors (Lipinski definition) is 0. The topological polar surface area (TPSA) is 27.7 Å². The van der Waals surface area contributed by atoms with Crippen molar-refractivity contribution in [3.8, 4) is 5.75 Å². The van der Waals surface area contributed by atoms with Crippen LogP contribution < -0.4 is 4.74 Å². The van der Waals surface area contributed by atoms with E-state index in [0.717, 1.165) is 11.3 Å². The largest absolute Gasteiger partial charge is 0.494 e. The maximum atomic E-state index is 5.37. The van der Waals surface area contributed by atoms with Gasteiger partial charge in [0.1, 0.15) is 18.3 Å². The highest BCUT2D eigenvalue weighted by atomic mass is 16.7. The van der Waals surface area contributed by atoms with Crippen molar-refractivity contribution in [2.24, 2.45) is 0 Å². The third-order valence-electron chi connectivity index (χ3n) is 1.90. The predicted molar refractivity (Wildman–Crippen MR) is 51.7 cm³/mol. The molecule has 1 aliphatic rings. The molecule has 0 saturated carbocycles. The lowest BCUT2D eigenvalue weighted by molar-refractivity contribution is -0.0247. The Balaban J connectivity index is 2.13. The van der Waals surface area contributed by atoms with Gasteiger partial charge < -0.3 is 14.2 Å². The van der Waals surface area contributed by atoms with Crippen molar-refractivity contribution in [1.82, 2.24) is 0 Å². The molecule has 1 aromatic carbocycles. The van der Waals surface area contributed by atoms with E-state index in [2.05, 4.69) is 0 Å². The number of ether oxygens (including phenoxy) is 3. The molecule has 0 saturated heterocycles. The molecule has 0 atom stereocenters. The molecule has 0 aromatic heterocycles. The number of hydrogen-bond acceptors (Lipinski definition) is 3. The van der Waals surface area contributed by atoms with Crippen LogP contribution in [0.25, 0.3) is 0 Å². The van der Waals surface area contributed by atoms with Crippen molar-refractivity contribution < 1.29 is 14.2 Å². The monoisotopic (exact) mass is 192 g/mol. The van der Waals surface area contributed by atoms with Crippen LogP contribution in [0.5, 0.6) is 5.75 Å². The van der Waals surface area contributed by atoms with Gasteiger partial charge in [0.25, 0.3) is 6.29 Å². The summed E-state index contributed by atoms with van der Waals surface area (Å²) in [6.45, 7) is 2.62. The van der Waals surface area contributed by atoms with Crippen molar-refractivity contribution in [3.05, 3.63) is 42.4 Å². The maximum Gasteiger partial charge on any atom is 0.266 e. The first-order valence-electron chi connectivity index (χ1n) is 4.59. The lowest BCUT2D eigenvalue weighted by Gasteiger charge is -2.11. The van der Waals surface area contributed by atoms with E-state index in [0.29, 0.717) is 6.61 Å². The Morgan fingerprint density at radius 2 is 2.07 bits per heavy atom. The van der Waals surface area contributed by atoms with Crippen LogP contribution in [0.3, 0.4) is 0 Å². The van der Waals surface area contributed by atoms with E-state index in [1.807, 2.05) is 31.2 Å². The summed E-state index contributed by atoms with van der Waals surface area (Å²) >= 11 is 0. The summed E-state index contributed by atoms with van der Waals surface area (Å²) in [7, 11) is 0. The van der Waals surface area contributed by atoms with E-state index in [9.17, 15) is 0 Å². The zero-order chi connectivity index (χ0) is 9.80. The first-order valence-corrected chi connectivity index (χ1v) is 4.59. The molecule has 3 heteroatoms. The molecule has 14 heavy (non-hydrogen) atoms. The SMILES string of the molecule is CCOc1cccc(C2OC=CO2)c1. The summed E-state index contributed by atoms with van der Waals surface area (Å²) in [5, 5.41) is 0. The number of benzene rings is 1. The fourth-order valence-corrected chi connectivity index (χ4v) is 1.31. The van der Waals surface area contributed by atoms with Crippen LogP contribution in [0.15, 0.2) is 36.8 Å². The zero-order valence-electron chi connectivity index (χ0n) is 7.97. The van der Waals surface area contributed by atoms with Crippen LogP contribution >= 0.6 is 0 Å². The Bertz CT molecular complexity index is 325.